The van der Waals surface area contributed by atoms with Crippen LogP contribution in [0, 0.1) is 0 Å². The third kappa shape index (κ3) is 4.01. The number of rotatable bonds is 5. The van der Waals surface area contributed by atoms with Gasteiger partial charge in [-0.2, -0.15) is 5.10 Å². The van der Waals surface area contributed by atoms with Gasteiger partial charge < -0.3 is 19.9 Å². The summed E-state index contributed by atoms with van der Waals surface area (Å²) in [4.78, 5) is 20.4. The fraction of sp³-hybridized carbons (Fsp3) is 0.471. The average Bonchev–Trinajstić information content (AvgIpc) is 3.22. The number of anilines is 1. The van der Waals surface area contributed by atoms with Gasteiger partial charge in [0.25, 0.3) is 0 Å². The summed E-state index contributed by atoms with van der Waals surface area (Å²) in [5.41, 5.74) is 0.964. The van der Waals surface area contributed by atoms with Crippen LogP contribution in [0.25, 0.3) is 0 Å². The van der Waals surface area contributed by atoms with Gasteiger partial charge in [0.2, 0.25) is 0 Å². The number of nitrogens with zero attached hydrogens (tertiary/aromatic N) is 5. The van der Waals surface area contributed by atoms with Gasteiger partial charge in [-0.3, -0.25) is 4.68 Å². The highest BCUT2D eigenvalue weighted by Gasteiger charge is 2.28. The average molecular weight is 344 g/mol. The van der Waals surface area contributed by atoms with E-state index in [0.717, 1.165) is 23.7 Å². The number of likely N-dealkylation sites (tertiary alicyclic amines) is 1. The molecule has 134 valence electrons. The Balaban J connectivity index is 1.53. The van der Waals surface area contributed by atoms with Crippen LogP contribution in [0.4, 0.5) is 10.6 Å². The molecule has 0 aromatic carbocycles. The van der Waals surface area contributed by atoms with Crippen molar-refractivity contribution in [2.45, 2.75) is 19.1 Å². The van der Waals surface area contributed by atoms with Gasteiger partial charge in [0, 0.05) is 46.5 Å². The van der Waals surface area contributed by atoms with Gasteiger partial charge in [-0.1, -0.05) is 0 Å². The van der Waals surface area contributed by atoms with Crippen molar-refractivity contribution < 1.29 is 9.53 Å². The number of aromatic nitrogens is 3. The van der Waals surface area contributed by atoms with Gasteiger partial charge in [0.15, 0.2) is 11.6 Å². The maximum atomic E-state index is 12.3. The first kappa shape index (κ1) is 17.1. The number of urea groups is 1. The van der Waals surface area contributed by atoms with E-state index in [4.69, 9.17) is 4.74 Å². The molecule has 1 fully saturated rings. The topological polar surface area (TPSA) is 75.5 Å². The second-order valence-corrected chi connectivity index (χ2v) is 6.30. The number of amides is 2. The van der Waals surface area contributed by atoms with E-state index in [1.54, 1.807) is 22.0 Å². The third-order valence-electron chi connectivity index (χ3n) is 4.24. The van der Waals surface area contributed by atoms with Crippen LogP contribution in [0.15, 0.2) is 30.6 Å². The molecule has 1 aliphatic rings. The van der Waals surface area contributed by atoms with Crippen molar-refractivity contribution in [1.82, 2.24) is 25.0 Å². The standard InChI is InChI=1S/C17H24N6O2/c1-21(2)16-15(5-4-8-18-16)25-14-7-10-23(12-14)17(24)19-11-13-6-9-20-22(13)3/h4-6,8-9,14H,7,10-12H2,1-3H3,(H,19,24)/t14-/m1/s1. The van der Waals surface area contributed by atoms with Crippen LogP contribution in [0.3, 0.4) is 0 Å². The summed E-state index contributed by atoms with van der Waals surface area (Å²) >= 11 is 0. The minimum atomic E-state index is -0.0775. The normalized spacial score (nSPS) is 16.8. The van der Waals surface area contributed by atoms with E-state index in [0.29, 0.717) is 19.6 Å². The molecule has 2 aromatic heterocycles. The first-order valence-electron chi connectivity index (χ1n) is 8.33. The molecule has 0 radical (unpaired) electrons. The summed E-state index contributed by atoms with van der Waals surface area (Å²) in [6, 6.07) is 5.58. The molecule has 0 saturated carbocycles. The number of pyridine rings is 1. The third-order valence-corrected chi connectivity index (χ3v) is 4.24. The van der Waals surface area contributed by atoms with Crippen molar-refractivity contribution in [3.8, 4) is 5.75 Å². The molecule has 2 amide bonds. The Labute approximate surface area is 147 Å². The highest BCUT2D eigenvalue weighted by molar-refractivity contribution is 5.74. The predicted molar refractivity (Wildman–Crippen MR) is 94.6 cm³/mol. The lowest BCUT2D eigenvalue weighted by molar-refractivity contribution is 0.186. The number of carbonyl (C=O) groups excluding carboxylic acids is 1. The molecule has 2 aromatic rings. The van der Waals surface area contributed by atoms with E-state index >= 15 is 0 Å². The van der Waals surface area contributed by atoms with Crippen LogP contribution in [0.5, 0.6) is 5.75 Å². The molecule has 8 heteroatoms. The lowest BCUT2D eigenvalue weighted by Gasteiger charge is -2.20. The minimum Gasteiger partial charge on any atom is -0.485 e. The molecule has 0 aliphatic carbocycles. The number of hydrogen-bond acceptors (Lipinski definition) is 5. The monoisotopic (exact) mass is 344 g/mol. The van der Waals surface area contributed by atoms with E-state index in [2.05, 4.69) is 15.4 Å². The van der Waals surface area contributed by atoms with Crippen LogP contribution < -0.4 is 15.0 Å². The summed E-state index contributed by atoms with van der Waals surface area (Å²) in [6.45, 7) is 1.71. The van der Waals surface area contributed by atoms with Crippen LogP contribution in [0.1, 0.15) is 12.1 Å². The zero-order valence-corrected chi connectivity index (χ0v) is 14.8. The molecule has 1 aliphatic heterocycles. The van der Waals surface area contributed by atoms with Crippen LogP contribution in [0.2, 0.25) is 0 Å². The van der Waals surface area contributed by atoms with Crippen molar-refractivity contribution in [2.75, 3.05) is 32.1 Å². The lowest BCUT2D eigenvalue weighted by atomic mass is 10.3. The highest BCUT2D eigenvalue weighted by atomic mass is 16.5. The van der Waals surface area contributed by atoms with Crippen LogP contribution in [-0.2, 0) is 13.6 Å². The Morgan fingerprint density at radius 1 is 1.40 bits per heavy atom. The molecule has 1 N–H and O–H groups in total. The summed E-state index contributed by atoms with van der Waals surface area (Å²) in [5, 5.41) is 7.03. The first-order chi connectivity index (χ1) is 12.0. The second kappa shape index (κ2) is 7.42. The van der Waals surface area contributed by atoms with Gasteiger partial charge in [0.1, 0.15) is 6.10 Å². The summed E-state index contributed by atoms with van der Waals surface area (Å²) in [5.74, 6) is 1.54. The van der Waals surface area contributed by atoms with Gasteiger partial charge >= 0.3 is 6.03 Å². The van der Waals surface area contributed by atoms with E-state index in [-0.39, 0.29) is 12.1 Å². The Bertz CT molecular complexity index is 729. The van der Waals surface area contributed by atoms with Crippen molar-refractivity contribution in [1.29, 1.82) is 0 Å². The van der Waals surface area contributed by atoms with Crippen LogP contribution >= 0.6 is 0 Å². The van der Waals surface area contributed by atoms with Crippen molar-refractivity contribution in [2.24, 2.45) is 7.05 Å². The Morgan fingerprint density at radius 2 is 2.24 bits per heavy atom. The molecule has 8 nitrogen and oxygen atoms in total. The predicted octanol–water partition coefficient (Wildman–Crippen LogP) is 1.24. The van der Waals surface area contributed by atoms with E-state index in [9.17, 15) is 4.79 Å². The van der Waals surface area contributed by atoms with Gasteiger partial charge in [-0.05, 0) is 18.2 Å². The summed E-state index contributed by atoms with van der Waals surface area (Å²) in [7, 11) is 5.72. The van der Waals surface area contributed by atoms with Crippen LogP contribution in [-0.4, -0.2) is 59.0 Å². The number of ether oxygens (including phenoxy) is 1. The lowest BCUT2D eigenvalue weighted by Crippen LogP contribution is -2.39. The van der Waals surface area contributed by atoms with E-state index < -0.39 is 0 Å². The van der Waals surface area contributed by atoms with Gasteiger partial charge in [-0.25, -0.2) is 9.78 Å². The molecule has 0 bridgehead atoms. The molecule has 1 atom stereocenters. The molecule has 0 unspecified atom stereocenters. The number of aryl methyl sites for hydroxylation is 1. The minimum absolute atomic E-state index is 0.0228. The first-order valence-corrected chi connectivity index (χ1v) is 8.33. The number of hydrogen-bond donors (Lipinski definition) is 1. The number of carbonyl (C=O) groups is 1. The van der Waals surface area contributed by atoms with Crippen molar-refractivity contribution in [3.05, 3.63) is 36.3 Å². The quantitative estimate of drug-likeness (QED) is 0.883. The molecule has 25 heavy (non-hydrogen) atoms. The fourth-order valence-electron chi connectivity index (χ4n) is 2.85. The maximum Gasteiger partial charge on any atom is 0.317 e. The molecule has 3 rings (SSSR count). The van der Waals surface area contributed by atoms with Crippen molar-refractivity contribution >= 4 is 11.8 Å². The van der Waals surface area contributed by atoms with E-state index in [1.165, 1.54) is 0 Å². The van der Waals surface area contributed by atoms with Crippen molar-refractivity contribution in [3.63, 3.8) is 0 Å². The zero-order chi connectivity index (χ0) is 17.8. The molecule has 0 spiro atoms. The Hall–Kier alpha value is -2.77. The molecule has 1 saturated heterocycles. The fourth-order valence-corrected chi connectivity index (χ4v) is 2.85. The molecular weight excluding hydrogens is 320 g/mol. The summed E-state index contributed by atoms with van der Waals surface area (Å²) < 4.78 is 7.83. The van der Waals surface area contributed by atoms with Gasteiger partial charge in [0.05, 0.1) is 18.8 Å². The van der Waals surface area contributed by atoms with Gasteiger partial charge in [-0.15, -0.1) is 0 Å². The second-order valence-electron chi connectivity index (χ2n) is 6.30. The number of nitrogens with one attached hydrogen (secondary N) is 1. The molecular formula is C17H24N6O2. The maximum absolute atomic E-state index is 12.3. The molecule has 3 heterocycles. The Kier molecular flexibility index (Phi) is 5.06. The SMILES string of the molecule is CN(C)c1ncccc1O[C@@H]1CCN(C(=O)NCc2ccnn2C)C1. The smallest absolute Gasteiger partial charge is 0.317 e. The largest absolute Gasteiger partial charge is 0.485 e. The summed E-state index contributed by atoms with van der Waals surface area (Å²) in [6.07, 6.45) is 4.25. The van der Waals surface area contributed by atoms with E-state index in [1.807, 2.05) is 44.2 Å². The Morgan fingerprint density at radius 3 is 2.96 bits per heavy atom. The zero-order valence-electron chi connectivity index (χ0n) is 14.8. The highest BCUT2D eigenvalue weighted by Crippen LogP contribution is 2.26.